The van der Waals surface area contributed by atoms with Crippen molar-refractivity contribution in [3.63, 3.8) is 0 Å². The molecule has 1 heterocycles. The molecule has 16 heavy (non-hydrogen) atoms. The number of halogens is 1. The van der Waals surface area contributed by atoms with E-state index in [2.05, 4.69) is 5.32 Å². The molecule has 5 nitrogen and oxygen atoms in total. The molecule has 0 fully saturated rings. The summed E-state index contributed by atoms with van der Waals surface area (Å²) in [5.41, 5.74) is 0. The Labute approximate surface area is 101 Å². The number of nitrogens with one attached hydrogen (secondary N) is 1. The summed E-state index contributed by atoms with van der Waals surface area (Å²) in [4.78, 5) is 22.1. The van der Waals surface area contributed by atoms with E-state index >= 15 is 0 Å². The van der Waals surface area contributed by atoms with Crippen LogP contribution >= 0.6 is 22.9 Å². The number of carboxylic acid groups (broad SMARTS) is 1. The van der Waals surface area contributed by atoms with E-state index in [0.717, 1.165) is 0 Å². The Morgan fingerprint density at radius 3 is 2.75 bits per heavy atom. The number of hydrogen-bond donors (Lipinski definition) is 3. The Morgan fingerprint density at radius 2 is 2.25 bits per heavy atom. The molecule has 0 radical (unpaired) electrons. The number of aliphatic carboxylic acids is 1. The van der Waals surface area contributed by atoms with Crippen molar-refractivity contribution < 1.29 is 19.8 Å². The molecular weight excluding hydrogens is 254 g/mol. The molecule has 0 saturated carbocycles. The zero-order valence-corrected chi connectivity index (χ0v) is 9.72. The van der Waals surface area contributed by atoms with E-state index in [-0.39, 0.29) is 18.9 Å². The molecule has 1 atom stereocenters. The van der Waals surface area contributed by atoms with E-state index < -0.39 is 12.1 Å². The predicted molar refractivity (Wildman–Crippen MR) is 59.9 cm³/mol. The summed E-state index contributed by atoms with van der Waals surface area (Å²) in [5.74, 6) is -1.67. The summed E-state index contributed by atoms with van der Waals surface area (Å²) in [6.07, 6.45) is -1.50. The highest BCUT2D eigenvalue weighted by atomic mass is 35.5. The maximum absolute atomic E-state index is 11.5. The van der Waals surface area contributed by atoms with Gasteiger partial charge in [-0.3, -0.25) is 4.79 Å². The average molecular weight is 264 g/mol. The number of aliphatic hydroxyl groups excluding tert-OH is 1. The van der Waals surface area contributed by atoms with E-state index in [4.69, 9.17) is 21.8 Å². The molecule has 1 amide bonds. The minimum atomic E-state index is -1.46. The molecule has 0 aliphatic carbocycles. The van der Waals surface area contributed by atoms with Gasteiger partial charge in [0.15, 0.2) is 6.10 Å². The number of aliphatic hydroxyl groups is 1. The van der Waals surface area contributed by atoms with E-state index in [1.807, 2.05) is 0 Å². The summed E-state index contributed by atoms with van der Waals surface area (Å²) < 4.78 is 0. The third-order valence-corrected chi connectivity index (χ3v) is 3.15. The summed E-state index contributed by atoms with van der Waals surface area (Å²) >= 11 is 6.93. The quantitative estimate of drug-likeness (QED) is 0.739. The molecule has 1 aromatic heterocycles. The second-order valence-corrected chi connectivity index (χ2v) is 4.32. The van der Waals surface area contributed by atoms with Gasteiger partial charge in [-0.1, -0.05) is 11.6 Å². The predicted octanol–water partition coefficient (Wildman–Crippen LogP) is 0.967. The fourth-order valence-electron chi connectivity index (χ4n) is 0.982. The molecule has 0 spiro atoms. The molecule has 0 aromatic carbocycles. The largest absolute Gasteiger partial charge is 0.479 e. The van der Waals surface area contributed by atoms with Crippen molar-refractivity contribution in [1.82, 2.24) is 5.32 Å². The van der Waals surface area contributed by atoms with Gasteiger partial charge in [0.1, 0.15) is 4.88 Å². The molecule has 1 rings (SSSR count). The van der Waals surface area contributed by atoms with Gasteiger partial charge in [-0.2, -0.15) is 0 Å². The zero-order chi connectivity index (χ0) is 12.1. The fourth-order valence-corrected chi connectivity index (χ4v) is 2.04. The van der Waals surface area contributed by atoms with Gasteiger partial charge in [-0.25, -0.2) is 4.79 Å². The van der Waals surface area contributed by atoms with E-state index in [1.54, 1.807) is 11.4 Å². The first-order valence-corrected chi connectivity index (χ1v) is 5.70. The SMILES string of the molecule is O=C(NCCC(O)C(=O)O)c1sccc1Cl. The molecule has 0 saturated heterocycles. The lowest BCUT2D eigenvalue weighted by molar-refractivity contribution is -0.146. The van der Waals surface area contributed by atoms with Gasteiger partial charge in [0, 0.05) is 13.0 Å². The van der Waals surface area contributed by atoms with E-state index in [9.17, 15) is 9.59 Å². The number of carbonyl (C=O) groups is 2. The lowest BCUT2D eigenvalue weighted by Gasteiger charge is -2.06. The highest BCUT2D eigenvalue weighted by Crippen LogP contribution is 2.21. The normalized spacial score (nSPS) is 12.1. The molecule has 0 aliphatic rings. The van der Waals surface area contributed by atoms with Crippen LogP contribution in [0.1, 0.15) is 16.1 Å². The van der Waals surface area contributed by atoms with Gasteiger partial charge in [0.25, 0.3) is 5.91 Å². The smallest absolute Gasteiger partial charge is 0.332 e. The molecule has 0 aliphatic heterocycles. The van der Waals surface area contributed by atoms with Gasteiger partial charge >= 0.3 is 5.97 Å². The Kier molecular flexibility index (Phi) is 4.72. The number of rotatable bonds is 5. The number of carbonyl (C=O) groups excluding carboxylic acids is 1. The third-order valence-electron chi connectivity index (χ3n) is 1.81. The second kappa shape index (κ2) is 5.83. The first kappa shape index (κ1) is 13.0. The Balaban J connectivity index is 2.37. The van der Waals surface area contributed by atoms with Gasteiger partial charge in [-0.05, 0) is 11.4 Å². The summed E-state index contributed by atoms with van der Waals surface area (Å²) in [6, 6.07) is 1.60. The molecular formula is C9H10ClNO4S. The second-order valence-electron chi connectivity index (χ2n) is 3.00. The Bertz CT molecular complexity index is 393. The van der Waals surface area contributed by atoms with Gasteiger partial charge in [0.05, 0.1) is 5.02 Å². The maximum Gasteiger partial charge on any atom is 0.332 e. The molecule has 1 unspecified atom stereocenters. The third kappa shape index (κ3) is 3.48. The van der Waals surface area contributed by atoms with Crippen LogP contribution in [0, 0.1) is 0 Å². The van der Waals surface area contributed by atoms with Gasteiger partial charge in [0.2, 0.25) is 0 Å². The topological polar surface area (TPSA) is 86.6 Å². The molecule has 1 aromatic rings. The van der Waals surface area contributed by atoms with Crippen LogP contribution in [0.4, 0.5) is 0 Å². The van der Waals surface area contributed by atoms with Crippen LogP contribution in [0.5, 0.6) is 0 Å². The Hall–Kier alpha value is -1.11. The van der Waals surface area contributed by atoms with Crippen LogP contribution in [0.15, 0.2) is 11.4 Å². The van der Waals surface area contributed by atoms with Crippen molar-refractivity contribution in [2.24, 2.45) is 0 Å². The van der Waals surface area contributed by atoms with Crippen molar-refractivity contribution >= 4 is 34.8 Å². The highest BCUT2D eigenvalue weighted by molar-refractivity contribution is 7.12. The zero-order valence-electron chi connectivity index (χ0n) is 8.14. The van der Waals surface area contributed by atoms with Crippen molar-refractivity contribution in [1.29, 1.82) is 0 Å². The van der Waals surface area contributed by atoms with E-state index in [0.29, 0.717) is 9.90 Å². The first-order chi connectivity index (χ1) is 7.52. The van der Waals surface area contributed by atoms with Crippen molar-refractivity contribution in [2.45, 2.75) is 12.5 Å². The van der Waals surface area contributed by atoms with Crippen LogP contribution in [0.2, 0.25) is 5.02 Å². The monoisotopic (exact) mass is 263 g/mol. The number of thiophene rings is 1. The van der Waals surface area contributed by atoms with Crippen molar-refractivity contribution in [3.05, 3.63) is 21.3 Å². The van der Waals surface area contributed by atoms with Gasteiger partial charge < -0.3 is 15.5 Å². The van der Waals surface area contributed by atoms with Crippen LogP contribution in [0.25, 0.3) is 0 Å². The number of hydrogen-bond acceptors (Lipinski definition) is 4. The summed E-state index contributed by atoms with van der Waals surface area (Å²) in [6.45, 7) is 0.0839. The standard InChI is InChI=1S/C9H10ClNO4S/c10-5-2-4-16-7(5)8(13)11-3-1-6(12)9(14)15/h2,4,6,12H,1,3H2,(H,11,13)(H,14,15). The van der Waals surface area contributed by atoms with Crippen LogP contribution in [0.3, 0.4) is 0 Å². The van der Waals surface area contributed by atoms with Crippen molar-refractivity contribution in [3.8, 4) is 0 Å². The lowest BCUT2D eigenvalue weighted by Crippen LogP contribution is -2.29. The van der Waals surface area contributed by atoms with Crippen LogP contribution in [-0.2, 0) is 4.79 Å². The molecule has 3 N–H and O–H groups in total. The fraction of sp³-hybridized carbons (Fsp3) is 0.333. The first-order valence-electron chi connectivity index (χ1n) is 4.44. The minimum absolute atomic E-state index is 0.0376. The van der Waals surface area contributed by atoms with E-state index in [1.165, 1.54) is 11.3 Å². The number of amides is 1. The molecule has 7 heteroatoms. The molecule has 0 bridgehead atoms. The molecule has 88 valence electrons. The van der Waals surface area contributed by atoms with Gasteiger partial charge in [-0.15, -0.1) is 11.3 Å². The average Bonchev–Trinajstić information content (AvgIpc) is 2.64. The van der Waals surface area contributed by atoms with Crippen LogP contribution < -0.4 is 5.32 Å². The summed E-state index contributed by atoms with van der Waals surface area (Å²) in [7, 11) is 0. The minimum Gasteiger partial charge on any atom is -0.479 e. The highest BCUT2D eigenvalue weighted by Gasteiger charge is 2.15. The summed E-state index contributed by atoms with van der Waals surface area (Å²) in [5, 5.41) is 21.9. The maximum atomic E-state index is 11.5. The lowest BCUT2D eigenvalue weighted by atomic mass is 10.2. The van der Waals surface area contributed by atoms with Crippen molar-refractivity contribution in [2.75, 3.05) is 6.54 Å². The van der Waals surface area contributed by atoms with Crippen LogP contribution in [-0.4, -0.2) is 34.7 Å². The Morgan fingerprint density at radius 1 is 1.56 bits per heavy atom. The number of carboxylic acids is 1.